The fraction of sp³-hybridized carbons (Fsp3) is 0.241. The van der Waals surface area contributed by atoms with E-state index >= 15 is 0 Å². The number of amides is 4. The van der Waals surface area contributed by atoms with Crippen LogP contribution in [-0.2, 0) is 9.59 Å². The molecule has 4 amide bonds. The number of rotatable bonds is 4. The zero-order chi connectivity index (χ0) is 25.9. The summed E-state index contributed by atoms with van der Waals surface area (Å²) in [4.78, 5) is 54.3. The van der Waals surface area contributed by atoms with Gasteiger partial charge in [0.05, 0.1) is 17.3 Å². The number of aryl methyl sites for hydroxylation is 1. The van der Waals surface area contributed by atoms with Gasteiger partial charge in [0.2, 0.25) is 11.8 Å². The van der Waals surface area contributed by atoms with Crippen LogP contribution in [0, 0.1) is 12.8 Å². The van der Waals surface area contributed by atoms with Crippen LogP contribution in [0.4, 0.5) is 17.1 Å². The van der Waals surface area contributed by atoms with Gasteiger partial charge in [-0.05, 0) is 68.3 Å². The summed E-state index contributed by atoms with van der Waals surface area (Å²) in [5.41, 5.74) is 3.94. The Morgan fingerprint density at radius 1 is 0.892 bits per heavy atom. The maximum Gasteiger partial charge on any atom is 0.258 e. The molecule has 1 fully saturated rings. The zero-order valence-corrected chi connectivity index (χ0v) is 20.6. The average Bonchev–Trinajstić information content (AvgIpc) is 2.92. The quantitative estimate of drug-likeness (QED) is 0.569. The van der Waals surface area contributed by atoms with Gasteiger partial charge in [0.15, 0.2) is 0 Å². The van der Waals surface area contributed by atoms with Gasteiger partial charge in [0.25, 0.3) is 11.8 Å². The molecule has 37 heavy (non-hydrogen) atoms. The first-order valence-corrected chi connectivity index (χ1v) is 12.4. The molecule has 0 saturated carbocycles. The van der Waals surface area contributed by atoms with Crippen molar-refractivity contribution < 1.29 is 19.2 Å². The molecule has 1 atom stereocenters. The van der Waals surface area contributed by atoms with Gasteiger partial charge >= 0.3 is 0 Å². The van der Waals surface area contributed by atoms with E-state index in [1.165, 1.54) is 4.90 Å². The Balaban J connectivity index is 1.22. The lowest BCUT2D eigenvalue weighted by molar-refractivity contribution is -0.121. The molecule has 3 aromatic rings. The van der Waals surface area contributed by atoms with Crippen molar-refractivity contribution in [1.82, 2.24) is 4.90 Å². The number of fused-ring (bicyclic) bond motifs is 1. The summed E-state index contributed by atoms with van der Waals surface area (Å²) in [6.45, 7) is 2.91. The molecule has 8 heteroatoms. The third-order valence-corrected chi connectivity index (χ3v) is 6.79. The monoisotopic (exact) mass is 496 g/mol. The molecule has 2 N–H and O–H groups in total. The lowest BCUT2D eigenvalue weighted by atomic mass is 9.96. The molecule has 1 unspecified atom stereocenters. The van der Waals surface area contributed by atoms with Gasteiger partial charge in [0, 0.05) is 29.9 Å². The second-order valence-corrected chi connectivity index (χ2v) is 9.48. The van der Waals surface area contributed by atoms with Gasteiger partial charge in [-0.3, -0.25) is 24.1 Å². The molecule has 0 spiro atoms. The summed E-state index contributed by atoms with van der Waals surface area (Å²) in [6, 6.07) is 21.3. The number of para-hydroxylation sites is 2. The van der Waals surface area contributed by atoms with Crippen molar-refractivity contribution in [1.29, 1.82) is 0 Å². The number of benzene rings is 3. The van der Waals surface area contributed by atoms with Crippen LogP contribution in [0.2, 0.25) is 0 Å². The van der Waals surface area contributed by atoms with Crippen molar-refractivity contribution in [3.8, 4) is 0 Å². The highest BCUT2D eigenvalue weighted by Crippen LogP contribution is 2.30. The number of hydrogen-bond acceptors (Lipinski definition) is 4. The highest BCUT2D eigenvalue weighted by atomic mass is 16.2. The number of anilines is 3. The van der Waals surface area contributed by atoms with Crippen molar-refractivity contribution in [2.45, 2.75) is 19.8 Å². The average molecular weight is 497 g/mol. The first kappa shape index (κ1) is 24.2. The van der Waals surface area contributed by atoms with E-state index < -0.39 is 0 Å². The number of nitrogens with zero attached hydrogens (tertiary/aromatic N) is 2. The zero-order valence-electron chi connectivity index (χ0n) is 20.6. The van der Waals surface area contributed by atoms with E-state index in [4.69, 9.17) is 0 Å². The maximum atomic E-state index is 13.1. The van der Waals surface area contributed by atoms with Crippen LogP contribution in [0.3, 0.4) is 0 Å². The summed E-state index contributed by atoms with van der Waals surface area (Å²) < 4.78 is 0. The van der Waals surface area contributed by atoms with Gasteiger partial charge < -0.3 is 15.5 Å². The summed E-state index contributed by atoms with van der Waals surface area (Å²) >= 11 is 0. The predicted octanol–water partition coefficient (Wildman–Crippen LogP) is 4.08. The van der Waals surface area contributed by atoms with Gasteiger partial charge in [-0.25, -0.2) is 0 Å². The van der Waals surface area contributed by atoms with Crippen molar-refractivity contribution in [3.63, 3.8) is 0 Å². The van der Waals surface area contributed by atoms with E-state index in [1.54, 1.807) is 47.4 Å². The largest absolute Gasteiger partial charge is 0.338 e. The minimum absolute atomic E-state index is 0.0617. The van der Waals surface area contributed by atoms with E-state index in [-0.39, 0.29) is 36.1 Å². The van der Waals surface area contributed by atoms with Crippen LogP contribution in [0.1, 0.15) is 39.1 Å². The van der Waals surface area contributed by atoms with Crippen LogP contribution >= 0.6 is 0 Å². The molecule has 5 rings (SSSR count). The molecule has 2 aliphatic rings. The lowest BCUT2D eigenvalue weighted by Gasteiger charge is -2.32. The Bertz CT molecular complexity index is 1350. The standard InChI is InChI=1S/C29H28N4O4/c1-19-8-10-20(11-9-19)28(36)32-16-4-5-22(17-32)27(35)30-23-14-12-21(13-15-23)29(37)33-18-26(34)31-24-6-2-3-7-25(24)33/h2-3,6-15,22H,4-5,16-18H2,1H3,(H,30,35)(H,31,34). The third-order valence-electron chi connectivity index (χ3n) is 6.79. The topological polar surface area (TPSA) is 98.8 Å². The van der Waals surface area contributed by atoms with Crippen LogP contribution in [0.15, 0.2) is 72.8 Å². The smallest absolute Gasteiger partial charge is 0.258 e. The molecule has 3 aromatic carbocycles. The van der Waals surface area contributed by atoms with Crippen molar-refractivity contribution in [2.24, 2.45) is 5.92 Å². The molecule has 0 bridgehead atoms. The molecule has 8 nitrogen and oxygen atoms in total. The molecule has 0 aromatic heterocycles. The highest BCUT2D eigenvalue weighted by Gasteiger charge is 2.30. The molecule has 0 radical (unpaired) electrons. The van der Waals surface area contributed by atoms with E-state index in [9.17, 15) is 19.2 Å². The number of piperidine rings is 1. The second kappa shape index (κ2) is 10.3. The van der Waals surface area contributed by atoms with Gasteiger partial charge in [-0.2, -0.15) is 0 Å². The van der Waals surface area contributed by atoms with Gasteiger partial charge in [-0.15, -0.1) is 0 Å². The number of carbonyl (C=O) groups excluding carboxylic acids is 4. The number of nitrogens with one attached hydrogen (secondary N) is 2. The second-order valence-electron chi connectivity index (χ2n) is 9.48. The first-order chi connectivity index (χ1) is 17.9. The molecule has 2 heterocycles. The van der Waals surface area contributed by atoms with Crippen molar-refractivity contribution >= 4 is 40.7 Å². The Kier molecular flexibility index (Phi) is 6.72. The van der Waals surface area contributed by atoms with Crippen LogP contribution in [0.5, 0.6) is 0 Å². The van der Waals surface area contributed by atoms with Crippen LogP contribution < -0.4 is 15.5 Å². The Hall–Kier alpha value is -4.46. The van der Waals surface area contributed by atoms with E-state index in [0.29, 0.717) is 47.7 Å². The summed E-state index contributed by atoms with van der Waals surface area (Å²) in [7, 11) is 0. The Labute approximate surface area is 215 Å². The van der Waals surface area contributed by atoms with Crippen molar-refractivity contribution in [3.05, 3.63) is 89.5 Å². The Morgan fingerprint density at radius 3 is 2.32 bits per heavy atom. The van der Waals surface area contributed by atoms with Gasteiger partial charge in [-0.1, -0.05) is 29.8 Å². The summed E-state index contributed by atoms with van der Waals surface area (Å²) in [5, 5.41) is 5.70. The predicted molar refractivity (Wildman–Crippen MR) is 142 cm³/mol. The highest BCUT2D eigenvalue weighted by molar-refractivity contribution is 6.15. The number of hydrogen-bond donors (Lipinski definition) is 2. The van der Waals surface area contributed by atoms with Gasteiger partial charge in [0.1, 0.15) is 6.54 Å². The molecular formula is C29H28N4O4. The van der Waals surface area contributed by atoms with Crippen LogP contribution in [-0.4, -0.2) is 48.2 Å². The molecular weight excluding hydrogens is 468 g/mol. The van der Waals surface area contributed by atoms with E-state index in [2.05, 4.69) is 10.6 Å². The molecule has 188 valence electrons. The first-order valence-electron chi connectivity index (χ1n) is 12.4. The van der Waals surface area contributed by atoms with Crippen molar-refractivity contribution in [2.75, 3.05) is 35.2 Å². The lowest BCUT2D eigenvalue weighted by Crippen LogP contribution is -2.43. The SMILES string of the molecule is Cc1ccc(C(=O)N2CCCC(C(=O)Nc3ccc(C(=O)N4CC(=O)Nc5ccccc54)cc3)C2)cc1. The minimum Gasteiger partial charge on any atom is -0.338 e. The molecule has 1 saturated heterocycles. The van der Waals surface area contributed by atoms with Crippen LogP contribution in [0.25, 0.3) is 0 Å². The fourth-order valence-electron chi connectivity index (χ4n) is 4.77. The molecule has 2 aliphatic heterocycles. The minimum atomic E-state index is -0.312. The third kappa shape index (κ3) is 5.23. The number of likely N-dealkylation sites (tertiary alicyclic amines) is 1. The fourth-order valence-corrected chi connectivity index (χ4v) is 4.77. The maximum absolute atomic E-state index is 13.1. The number of carbonyl (C=O) groups is 4. The summed E-state index contributed by atoms with van der Waals surface area (Å²) in [6.07, 6.45) is 1.46. The normalized spacial score (nSPS) is 17.0. The summed E-state index contributed by atoms with van der Waals surface area (Å²) in [5.74, 6) is -1.07. The Morgan fingerprint density at radius 2 is 1.57 bits per heavy atom. The van der Waals surface area contributed by atoms with E-state index in [0.717, 1.165) is 12.0 Å². The molecule has 0 aliphatic carbocycles. The van der Waals surface area contributed by atoms with E-state index in [1.807, 2.05) is 37.3 Å².